The summed E-state index contributed by atoms with van der Waals surface area (Å²) in [7, 11) is -0.521. The first-order chi connectivity index (χ1) is 19.4. The van der Waals surface area contributed by atoms with E-state index in [2.05, 4.69) is 28.0 Å². The van der Waals surface area contributed by atoms with E-state index in [4.69, 9.17) is 25.8 Å². The van der Waals surface area contributed by atoms with E-state index in [1.54, 1.807) is 25.3 Å². The SMILES string of the molecule is CCOC(=O)C1(COc2cc(C)c(-c3cnc(-c4nc(C(F)(F)F)cn4COCC[Si](C)C)c(Cl)c3)cn2)CCC1. The molecule has 13 heteroatoms. The first-order valence-corrected chi connectivity index (χ1v) is 16.5. The molecular weight excluding hydrogens is 577 g/mol. The molecular formula is C28H33ClF3N4O4Si. The van der Waals surface area contributed by atoms with Crippen LogP contribution in [0.1, 0.15) is 37.4 Å². The molecule has 1 aliphatic rings. The number of ether oxygens (including phenoxy) is 3. The van der Waals surface area contributed by atoms with Gasteiger partial charge < -0.3 is 18.8 Å². The van der Waals surface area contributed by atoms with Crippen LogP contribution in [0.5, 0.6) is 5.88 Å². The maximum atomic E-state index is 13.5. The van der Waals surface area contributed by atoms with Gasteiger partial charge in [-0.1, -0.05) is 31.1 Å². The quantitative estimate of drug-likeness (QED) is 0.126. The monoisotopic (exact) mass is 609 g/mol. The molecule has 0 saturated heterocycles. The fraction of sp³-hybridized carbons (Fsp3) is 0.500. The van der Waals surface area contributed by atoms with Gasteiger partial charge in [0, 0.05) is 51.2 Å². The number of halogens is 4. The van der Waals surface area contributed by atoms with Crippen LogP contribution in [0.25, 0.3) is 22.6 Å². The van der Waals surface area contributed by atoms with Crippen molar-refractivity contribution >= 4 is 26.4 Å². The third-order valence-corrected chi connectivity index (χ3v) is 8.50. The molecule has 3 heterocycles. The third-order valence-electron chi connectivity index (χ3n) is 7.01. The summed E-state index contributed by atoms with van der Waals surface area (Å²) in [6, 6.07) is 4.25. The smallest absolute Gasteiger partial charge is 0.434 e. The van der Waals surface area contributed by atoms with Crippen LogP contribution in [-0.4, -0.2) is 54.1 Å². The van der Waals surface area contributed by atoms with Crippen LogP contribution < -0.4 is 4.74 Å². The number of pyridine rings is 2. The number of hydrogen-bond acceptors (Lipinski definition) is 7. The van der Waals surface area contributed by atoms with Crippen molar-refractivity contribution in [1.29, 1.82) is 0 Å². The standard InChI is InChI=1S/C28H33ClF3N4O4Si/c1-5-39-26(37)27(7-6-8-27)16-40-23-11-18(2)20(14-33-23)19-12-21(29)24(34-13-19)25-35-22(28(30,31)32)15-36(25)17-38-9-10-41(3)4/h11-15H,5-10,16-17H2,1-4H3. The molecule has 4 rings (SSSR count). The molecule has 0 bridgehead atoms. The molecule has 0 aromatic carbocycles. The van der Waals surface area contributed by atoms with Gasteiger partial charge in [-0.15, -0.1) is 0 Å². The molecule has 3 aromatic rings. The summed E-state index contributed by atoms with van der Waals surface area (Å²) in [6.45, 7) is 8.77. The molecule has 0 aliphatic heterocycles. The molecule has 8 nitrogen and oxygen atoms in total. The van der Waals surface area contributed by atoms with Gasteiger partial charge in [-0.05, 0) is 44.4 Å². The normalized spacial score (nSPS) is 14.7. The van der Waals surface area contributed by atoms with Crippen LogP contribution >= 0.6 is 11.6 Å². The van der Waals surface area contributed by atoms with Crippen molar-refractivity contribution in [3.63, 3.8) is 0 Å². The van der Waals surface area contributed by atoms with Crippen LogP contribution in [-0.2, 0) is 27.2 Å². The zero-order valence-corrected chi connectivity index (χ0v) is 25.2. The number of imidazole rings is 1. The minimum atomic E-state index is -4.63. The lowest BCUT2D eigenvalue weighted by Gasteiger charge is -2.38. The molecule has 0 spiro atoms. The van der Waals surface area contributed by atoms with Gasteiger partial charge in [0.05, 0.1) is 11.6 Å². The summed E-state index contributed by atoms with van der Waals surface area (Å²) in [4.78, 5) is 24.9. The highest BCUT2D eigenvalue weighted by Crippen LogP contribution is 2.42. The Morgan fingerprint density at radius 1 is 1.20 bits per heavy atom. The Morgan fingerprint density at radius 3 is 2.54 bits per heavy atom. The average molecular weight is 610 g/mol. The lowest BCUT2D eigenvalue weighted by Crippen LogP contribution is -2.44. The number of esters is 1. The van der Waals surface area contributed by atoms with E-state index < -0.39 is 26.1 Å². The third kappa shape index (κ3) is 7.28. The minimum Gasteiger partial charge on any atom is -0.476 e. The molecule has 1 saturated carbocycles. The topological polar surface area (TPSA) is 88.4 Å². The molecule has 3 aromatic heterocycles. The molecule has 0 unspecified atom stereocenters. The molecule has 221 valence electrons. The maximum Gasteiger partial charge on any atom is 0.434 e. The predicted molar refractivity (Wildman–Crippen MR) is 150 cm³/mol. The van der Waals surface area contributed by atoms with Crippen molar-refractivity contribution in [3.8, 4) is 28.5 Å². The molecule has 1 aliphatic carbocycles. The second-order valence-electron chi connectivity index (χ2n) is 10.4. The first-order valence-electron chi connectivity index (χ1n) is 13.4. The number of carbonyl (C=O) groups excluding carboxylic acids is 1. The number of alkyl halides is 3. The van der Waals surface area contributed by atoms with Crippen molar-refractivity contribution in [2.75, 3.05) is 19.8 Å². The van der Waals surface area contributed by atoms with Gasteiger partial charge in [-0.25, -0.2) is 9.97 Å². The van der Waals surface area contributed by atoms with Crippen molar-refractivity contribution in [3.05, 3.63) is 47.0 Å². The number of aromatic nitrogens is 4. The van der Waals surface area contributed by atoms with E-state index in [1.165, 1.54) is 10.8 Å². The first kappa shape index (κ1) is 31.0. The predicted octanol–water partition coefficient (Wildman–Crippen LogP) is 6.83. The summed E-state index contributed by atoms with van der Waals surface area (Å²) in [6.07, 6.45) is 1.79. The fourth-order valence-corrected chi connectivity index (χ4v) is 5.25. The number of aryl methyl sites for hydroxylation is 1. The van der Waals surface area contributed by atoms with Crippen molar-refractivity contribution in [1.82, 2.24) is 19.5 Å². The Hall–Kier alpha value is -2.96. The zero-order chi connectivity index (χ0) is 29.8. The average Bonchev–Trinajstić information content (AvgIpc) is 3.30. The lowest BCUT2D eigenvalue weighted by atomic mass is 9.69. The van der Waals surface area contributed by atoms with Crippen LogP contribution in [0, 0.1) is 12.3 Å². The highest BCUT2D eigenvalue weighted by molar-refractivity contribution is 6.55. The second kappa shape index (κ2) is 12.9. The van der Waals surface area contributed by atoms with Crippen LogP contribution in [0.15, 0.2) is 30.7 Å². The Bertz CT molecular complexity index is 1380. The Kier molecular flexibility index (Phi) is 9.76. The van der Waals surface area contributed by atoms with Gasteiger partial charge in [0.2, 0.25) is 5.88 Å². The van der Waals surface area contributed by atoms with Gasteiger partial charge >= 0.3 is 12.1 Å². The zero-order valence-electron chi connectivity index (χ0n) is 23.5. The Labute approximate surface area is 243 Å². The second-order valence-corrected chi connectivity index (χ2v) is 13.8. The summed E-state index contributed by atoms with van der Waals surface area (Å²) >= 11 is 6.55. The van der Waals surface area contributed by atoms with E-state index in [0.717, 1.165) is 29.8 Å². The number of hydrogen-bond donors (Lipinski definition) is 0. The van der Waals surface area contributed by atoms with Crippen molar-refractivity contribution in [2.45, 2.75) is 65.2 Å². The maximum absolute atomic E-state index is 13.5. The summed E-state index contributed by atoms with van der Waals surface area (Å²) in [5.41, 5.74) is 0.610. The van der Waals surface area contributed by atoms with Crippen LogP contribution in [0.3, 0.4) is 0 Å². The van der Waals surface area contributed by atoms with Gasteiger partial charge in [0.1, 0.15) is 24.4 Å². The number of carbonyl (C=O) groups is 1. The molecule has 0 atom stereocenters. The van der Waals surface area contributed by atoms with Gasteiger partial charge in [-0.3, -0.25) is 9.78 Å². The minimum absolute atomic E-state index is 0.0301. The van der Waals surface area contributed by atoms with E-state index in [0.29, 0.717) is 37.5 Å². The number of rotatable bonds is 12. The highest BCUT2D eigenvalue weighted by atomic mass is 35.5. The highest BCUT2D eigenvalue weighted by Gasteiger charge is 2.46. The molecule has 0 N–H and O–H groups in total. The van der Waals surface area contributed by atoms with Crippen LogP contribution in [0.2, 0.25) is 24.2 Å². The molecule has 0 amide bonds. The van der Waals surface area contributed by atoms with Crippen molar-refractivity contribution < 1.29 is 32.2 Å². The number of nitrogens with zero attached hydrogens (tertiary/aromatic N) is 4. The molecule has 41 heavy (non-hydrogen) atoms. The molecule has 1 radical (unpaired) electrons. The Balaban J connectivity index is 1.53. The van der Waals surface area contributed by atoms with E-state index >= 15 is 0 Å². The Morgan fingerprint density at radius 2 is 1.95 bits per heavy atom. The van der Waals surface area contributed by atoms with Gasteiger partial charge in [-0.2, -0.15) is 13.2 Å². The van der Waals surface area contributed by atoms with Crippen LogP contribution in [0.4, 0.5) is 13.2 Å². The summed E-state index contributed by atoms with van der Waals surface area (Å²) < 4.78 is 58.4. The van der Waals surface area contributed by atoms with Gasteiger partial charge in [0.15, 0.2) is 11.5 Å². The summed E-state index contributed by atoms with van der Waals surface area (Å²) in [5, 5.41) is 0.136. The van der Waals surface area contributed by atoms with E-state index in [1.807, 2.05) is 6.92 Å². The fourth-order valence-electron chi connectivity index (χ4n) is 4.45. The summed E-state index contributed by atoms with van der Waals surface area (Å²) in [5.74, 6) is 0.0999. The van der Waals surface area contributed by atoms with E-state index in [-0.39, 0.29) is 35.8 Å². The molecule has 1 fully saturated rings. The van der Waals surface area contributed by atoms with E-state index in [9.17, 15) is 18.0 Å². The lowest BCUT2D eigenvalue weighted by molar-refractivity contribution is -0.163. The largest absolute Gasteiger partial charge is 0.476 e. The van der Waals surface area contributed by atoms with Crippen molar-refractivity contribution in [2.24, 2.45) is 5.41 Å². The van der Waals surface area contributed by atoms with Gasteiger partial charge in [0.25, 0.3) is 0 Å².